The van der Waals surface area contributed by atoms with Crippen LogP contribution in [0.2, 0.25) is 0 Å². The molecule has 0 aliphatic rings. The molecular weight excluding hydrogens is 364 g/mol. The van der Waals surface area contributed by atoms with Gasteiger partial charge in [-0.1, -0.05) is 49.4 Å². The van der Waals surface area contributed by atoms with E-state index in [0.717, 1.165) is 17.7 Å². The summed E-state index contributed by atoms with van der Waals surface area (Å²) in [4.78, 5) is 24.7. The third-order valence-corrected chi connectivity index (χ3v) is 4.47. The van der Waals surface area contributed by atoms with Crippen LogP contribution in [0.25, 0.3) is 16.9 Å². The summed E-state index contributed by atoms with van der Waals surface area (Å²) < 4.78 is 1.69. The Morgan fingerprint density at radius 2 is 1.72 bits per heavy atom. The summed E-state index contributed by atoms with van der Waals surface area (Å²) in [6.45, 7) is 5.77. The predicted octanol–water partition coefficient (Wildman–Crippen LogP) is 3.36. The number of nitrogens with zero attached hydrogens (tertiary/aromatic N) is 2. The minimum absolute atomic E-state index is 0.0212. The van der Waals surface area contributed by atoms with Crippen molar-refractivity contribution in [2.45, 2.75) is 33.2 Å². The van der Waals surface area contributed by atoms with E-state index >= 15 is 0 Å². The van der Waals surface area contributed by atoms with Crippen LogP contribution in [0.4, 0.5) is 0 Å². The van der Waals surface area contributed by atoms with Gasteiger partial charge in [0.1, 0.15) is 5.69 Å². The first-order chi connectivity index (χ1) is 14.0. The minimum atomic E-state index is -0.333. The number of benzene rings is 2. The van der Waals surface area contributed by atoms with E-state index in [-0.39, 0.29) is 24.4 Å². The van der Waals surface area contributed by atoms with Crippen molar-refractivity contribution in [1.82, 2.24) is 20.4 Å². The topological polar surface area (TPSA) is 76.0 Å². The van der Waals surface area contributed by atoms with Gasteiger partial charge in [0.05, 0.1) is 17.8 Å². The number of carbonyl (C=O) groups excluding carboxylic acids is 2. The highest BCUT2D eigenvalue weighted by Crippen LogP contribution is 2.24. The molecule has 6 nitrogen and oxygen atoms in total. The Bertz CT molecular complexity index is 976. The van der Waals surface area contributed by atoms with E-state index in [1.54, 1.807) is 10.9 Å². The molecule has 0 radical (unpaired) electrons. The van der Waals surface area contributed by atoms with Crippen molar-refractivity contribution in [1.29, 1.82) is 0 Å². The summed E-state index contributed by atoms with van der Waals surface area (Å²) >= 11 is 0. The van der Waals surface area contributed by atoms with Gasteiger partial charge >= 0.3 is 0 Å². The number of rotatable bonds is 7. The fourth-order valence-corrected chi connectivity index (χ4v) is 2.99. The molecule has 0 aliphatic heterocycles. The second-order valence-electron chi connectivity index (χ2n) is 7.13. The van der Waals surface area contributed by atoms with Gasteiger partial charge < -0.3 is 10.6 Å². The van der Waals surface area contributed by atoms with E-state index in [1.165, 1.54) is 5.56 Å². The highest BCUT2D eigenvalue weighted by molar-refractivity contribution is 6.01. The lowest BCUT2D eigenvalue weighted by molar-refractivity contribution is -0.120. The third kappa shape index (κ3) is 5.10. The lowest BCUT2D eigenvalue weighted by Gasteiger charge is -2.09. The zero-order valence-corrected chi connectivity index (χ0v) is 17.0. The first kappa shape index (κ1) is 20.3. The number of aryl methyl sites for hydroxylation is 1. The molecule has 2 amide bonds. The van der Waals surface area contributed by atoms with Crippen LogP contribution in [0.5, 0.6) is 0 Å². The first-order valence-corrected chi connectivity index (χ1v) is 9.80. The number of nitrogens with one attached hydrogen (secondary N) is 2. The summed E-state index contributed by atoms with van der Waals surface area (Å²) in [7, 11) is 0. The summed E-state index contributed by atoms with van der Waals surface area (Å²) in [5.74, 6) is -0.557. The highest BCUT2D eigenvalue weighted by Gasteiger charge is 2.19. The molecule has 0 atom stereocenters. The van der Waals surface area contributed by atoms with Gasteiger partial charge in [0.25, 0.3) is 5.91 Å². The second kappa shape index (κ2) is 9.19. The monoisotopic (exact) mass is 390 g/mol. The molecule has 0 spiro atoms. The number of hydrogen-bond acceptors (Lipinski definition) is 3. The van der Waals surface area contributed by atoms with Gasteiger partial charge in [-0.25, -0.2) is 4.68 Å². The molecule has 0 bridgehead atoms. The van der Waals surface area contributed by atoms with Crippen molar-refractivity contribution in [3.8, 4) is 16.9 Å². The Morgan fingerprint density at radius 1 is 1.03 bits per heavy atom. The average Bonchev–Trinajstić information content (AvgIpc) is 3.18. The van der Waals surface area contributed by atoms with Crippen molar-refractivity contribution >= 4 is 11.8 Å². The standard InChI is InChI=1S/C23H26N4O2/c1-4-17-10-12-18(13-11-17)22-20(23(29)24-14-21(28)25-16(2)3)15-27(26-22)19-8-6-5-7-9-19/h5-13,15-16H,4,14H2,1-3H3,(H,24,29)(H,25,28). The Balaban J connectivity index is 1.92. The van der Waals surface area contributed by atoms with Gasteiger partial charge in [-0.15, -0.1) is 0 Å². The van der Waals surface area contributed by atoms with Crippen LogP contribution in [-0.4, -0.2) is 34.2 Å². The van der Waals surface area contributed by atoms with E-state index < -0.39 is 0 Å². The molecule has 0 fully saturated rings. The summed E-state index contributed by atoms with van der Waals surface area (Å²) in [5.41, 5.74) is 3.94. The predicted molar refractivity (Wildman–Crippen MR) is 114 cm³/mol. The molecule has 0 saturated carbocycles. The number of carbonyl (C=O) groups is 2. The highest BCUT2D eigenvalue weighted by atomic mass is 16.2. The zero-order chi connectivity index (χ0) is 20.8. The Hall–Kier alpha value is -3.41. The molecule has 0 saturated heterocycles. The maximum absolute atomic E-state index is 12.9. The molecule has 29 heavy (non-hydrogen) atoms. The quantitative estimate of drug-likeness (QED) is 0.650. The maximum Gasteiger partial charge on any atom is 0.255 e. The van der Waals surface area contributed by atoms with Gasteiger partial charge in [-0.3, -0.25) is 9.59 Å². The van der Waals surface area contributed by atoms with Crippen LogP contribution in [0.3, 0.4) is 0 Å². The van der Waals surface area contributed by atoms with Crippen molar-refractivity contribution in [2.24, 2.45) is 0 Å². The number of para-hydroxylation sites is 1. The van der Waals surface area contributed by atoms with E-state index in [4.69, 9.17) is 0 Å². The summed E-state index contributed by atoms with van der Waals surface area (Å²) in [5, 5.41) is 10.1. The summed E-state index contributed by atoms with van der Waals surface area (Å²) in [6, 6.07) is 17.7. The van der Waals surface area contributed by atoms with E-state index in [9.17, 15) is 9.59 Å². The lowest BCUT2D eigenvalue weighted by Crippen LogP contribution is -2.39. The minimum Gasteiger partial charge on any atom is -0.352 e. The van der Waals surface area contributed by atoms with Gasteiger partial charge in [-0.05, 0) is 38.0 Å². The molecule has 2 N–H and O–H groups in total. The largest absolute Gasteiger partial charge is 0.352 e. The SMILES string of the molecule is CCc1ccc(-c2nn(-c3ccccc3)cc2C(=O)NCC(=O)NC(C)C)cc1. The molecule has 150 valence electrons. The fourth-order valence-electron chi connectivity index (χ4n) is 2.99. The second-order valence-corrected chi connectivity index (χ2v) is 7.13. The molecule has 1 aromatic heterocycles. The van der Waals surface area contributed by atoms with Crippen LogP contribution in [0.1, 0.15) is 36.7 Å². The van der Waals surface area contributed by atoms with Gasteiger partial charge in [0.2, 0.25) is 5.91 Å². The third-order valence-electron chi connectivity index (χ3n) is 4.47. The number of aromatic nitrogens is 2. The molecule has 0 aliphatic carbocycles. The van der Waals surface area contributed by atoms with E-state index in [0.29, 0.717) is 11.3 Å². The van der Waals surface area contributed by atoms with Crippen LogP contribution in [0, 0.1) is 0 Å². The van der Waals surface area contributed by atoms with E-state index in [1.807, 2.05) is 68.4 Å². The Labute approximate surface area is 170 Å². The Morgan fingerprint density at radius 3 is 2.34 bits per heavy atom. The van der Waals surface area contributed by atoms with Gasteiger partial charge in [-0.2, -0.15) is 5.10 Å². The van der Waals surface area contributed by atoms with Gasteiger partial charge in [0, 0.05) is 17.8 Å². The first-order valence-electron chi connectivity index (χ1n) is 9.80. The van der Waals surface area contributed by atoms with Crippen LogP contribution in [0.15, 0.2) is 60.8 Å². The molecule has 6 heteroatoms. The van der Waals surface area contributed by atoms with Crippen molar-refractivity contribution in [2.75, 3.05) is 6.54 Å². The van der Waals surface area contributed by atoms with Crippen molar-refractivity contribution in [3.05, 3.63) is 71.9 Å². The number of hydrogen-bond donors (Lipinski definition) is 2. The Kier molecular flexibility index (Phi) is 6.44. The van der Waals surface area contributed by atoms with Crippen LogP contribution >= 0.6 is 0 Å². The molecule has 3 rings (SSSR count). The maximum atomic E-state index is 12.9. The van der Waals surface area contributed by atoms with Crippen molar-refractivity contribution in [3.63, 3.8) is 0 Å². The summed E-state index contributed by atoms with van der Waals surface area (Å²) in [6.07, 6.45) is 2.64. The smallest absolute Gasteiger partial charge is 0.255 e. The van der Waals surface area contributed by atoms with Crippen LogP contribution < -0.4 is 10.6 Å². The molecule has 0 unspecified atom stereocenters. The normalized spacial score (nSPS) is 10.8. The fraction of sp³-hybridized carbons (Fsp3) is 0.261. The lowest BCUT2D eigenvalue weighted by atomic mass is 10.0. The molecular formula is C23H26N4O2. The van der Waals surface area contributed by atoms with Crippen LogP contribution in [-0.2, 0) is 11.2 Å². The van der Waals surface area contributed by atoms with E-state index in [2.05, 4.69) is 22.7 Å². The van der Waals surface area contributed by atoms with Crippen molar-refractivity contribution < 1.29 is 9.59 Å². The zero-order valence-electron chi connectivity index (χ0n) is 17.0. The van der Waals surface area contributed by atoms with Gasteiger partial charge in [0.15, 0.2) is 0 Å². The molecule has 3 aromatic rings. The molecule has 1 heterocycles. The number of amides is 2. The average molecular weight is 390 g/mol. The molecule has 2 aromatic carbocycles.